The summed E-state index contributed by atoms with van der Waals surface area (Å²) in [5.74, 6) is 0.0721. The highest BCUT2D eigenvalue weighted by Gasteiger charge is 2.19. The highest BCUT2D eigenvalue weighted by atomic mass is 32.1. The summed E-state index contributed by atoms with van der Waals surface area (Å²) in [5, 5.41) is 0.122. The van der Waals surface area contributed by atoms with Crippen molar-refractivity contribution in [2.75, 3.05) is 0 Å². The summed E-state index contributed by atoms with van der Waals surface area (Å²) in [4.78, 5) is 9.04. The number of fused-ring (bicyclic) bond motifs is 9. The summed E-state index contributed by atoms with van der Waals surface area (Å²) < 4.78 is 141. The number of nitrogens with zero attached hydrogens (tertiary/aromatic N) is 4. The molecule has 0 aliphatic rings. The zero-order valence-electron chi connectivity index (χ0n) is 35.5. The van der Waals surface area contributed by atoms with Crippen LogP contribution in [0.2, 0.25) is 0 Å². The van der Waals surface area contributed by atoms with E-state index in [0.717, 1.165) is 0 Å². The fraction of sp³-hybridized carbons (Fsp3) is 0. The van der Waals surface area contributed by atoms with Gasteiger partial charge in [0.2, 0.25) is 0 Å². The van der Waals surface area contributed by atoms with Gasteiger partial charge in [-0.25, -0.2) is 9.97 Å². The summed E-state index contributed by atoms with van der Waals surface area (Å²) in [7, 11) is 0. The van der Waals surface area contributed by atoms with Crippen LogP contribution in [-0.4, -0.2) is 19.1 Å². The lowest BCUT2D eigenvalue weighted by Crippen LogP contribution is -1.98. The third kappa shape index (κ3) is 2.82. The van der Waals surface area contributed by atoms with E-state index in [-0.39, 0.29) is 55.1 Å². The first-order valence-electron chi connectivity index (χ1n) is 19.7. The van der Waals surface area contributed by atoms with Gasteiger partial charge >= 0.3 is 0 Å². The molecule has 0 aliphatic carbocycles. The van der Waals surface area contributed by atoms with Gasteiger partial charge in [-0.05, 0) is 42.4 Å². The van der Waals surface area contributed by atoms with Crippen molar-refractivity contribution in [1.29, 1.82) is 0 Å². The molecule has 0 unspecified atom stereocenters. The molecular weight excluding hydrogens is 496 g/mol. The molecule has 9 rings (SSSR count). The maximum Gasteiger partial charge on any atom is 0.159 e. The minimum absolute atomic E-state index is 0.0595. The Morgan fingerprint density at radius 1 is 0.564 bits per heavy atom. The molecule has 0 saturated heterocycles. The minimum Gasteiger partial charge on any atom is -0.309 e. The van der Waals surface area contributed by atoms with E-state index >= 15 is 0 Å². The van der Waals surface area contributed by atoms with Crippen molar-refractivity contribution in [3.05, 3.63) is 121 Å². The van der Waals surface area contributed by atoms with Crippen LogP contribution in [0, 0.1) is 0 Å². The number of rotatable bonds is 2. The number of aromatic nitrogens is 4. The second-order valence-electron chi connectivity index (χ2n) is 8.72. The summed E-state index contributed by atoms with van der Waals surface area (Å²) in [6, 6.07) is -3.37. The van der Waals surface area contributed by atoms with Crippen LogP contribution in [-0.2, 0) is 0 Å². The number of hydrogen-bond acceptors (Lipinski definition) is 3. The van der Waals surface area contributed by atoms with Gasteiger partial charge in [-0.15, -0.1) is 11.3 Å². The van der Waals surface area contributed by atoms with Crippen molar-refractivity contribution in [1.82, 2.24) is 19.1 Å². The molecule has 4 aromatic heterocycles. The van der Waals surface area contributed by atoms with E-state index in [0.29, 0.717) is 20.3 Å². The number of hydrogen-bond donors (Lipinski definition) is 0. The second kappa shape index (κ2) is 7.76. The van der Waals surface area contributed by atoms with Crippen molar-refractivity contribution < 1.29 is 21.9 Å². The molecule has 5 aromatic carbocycles. The first-order valence-corrected chi connectivity index (χ1v) is 12.5. The summed E-state index contributed by atoms with van der Waals surface area (Å²) in [5.41, 5.74) is 0.265. The molecule has 0 amide bonds. The maximum absolute atomic E-state index is 8.90. The topological polar surface area (TPSA) is 35.6 Å². The van der Waals surface area contributed by atoms with Crippen molar-refractivity contribution >= 4 is 75.3 Å². The average molecular weight is 533 g/mol. The lowest BCUT2D eigenvalue weighted by molar-refractivity contribution is 1.08. The SMILES string of the molecule is [2H]c1c([2H])c([2H])c2c(c1[2H])c1c([2H])c([2H])c([2H])c([2H])c1n2-c1ccc2sc3c(-n4c5c([2H])c([2H])c([2H])c([2H])c5c5c([2H])c([2H])c([2H])c([2H])c54)ncnc3c2c1. The molecule has 0 fully saturated rings. The van der Waals surface area contributed by atoms with Crippen molar-refractivity contribution in [3.63, 3.8) is 0 Å². The van der Waals surface area contributed by atoms with E-state index in [9.17, 15) is 0 Å². The normalized spacial score (nSPS) is 17.8. The Balaban J connectivity index is 1.42. The molecule has 0 N–H and O–H groups in total. The van der Waals surface area contributed by atoms with Crippen molar-refractivity contribution in [2.45, 2.75) is 0 Å². The zero-order chi connectivity index (χ0) is 39.4. The Morgan fingerprint density at radius 2 is 1.08 bits per heavy atom. The standard InChI is InChI=1S/C34H20N4S/c1-5-13-27-22(9-1)23-10-2-6-14-28(23)37(27)21-17-18-31-26(19-21)32-33(39-31)34(36-20-35-32)38-29-15-7-3-11-24(29)25-12-4-8-16-30(25)38/h1-20H/i1D,2D,3D,4D,5D,6D,7D,8D,9D,10D,11D,12D,13D,14D,15D,16D. The summed E-state index contributed by atoms with van der Waals surface area (Å²) in [6.07, 6.45) is 1.21. The van der Waals surface area contributed by atoms with Crippen LogP contribution in [0.1, 0.15) is 21.9 Å². The molecule has 0 radical (unpaired) electrons. The molecular formula is C34H20N4S. The largest absolute Gasteiger partial charge is 0.309 e. The third-order valence-corrected chi connectivity index (χ3v) is 7.91. The van der Waals surface area contributed by atoms with Crippen LogP contribution in [0.5, 0.6) is 0 Å². The molecule has 39 heavy (non-hydrogen) atoms. The molecule has 4 heterocycles. The predicted octanol–water partition coefficient (Wildman–Crippen LogP) is 9.04. The molecule has 9 aromatic rings. The molecule has 5 heteroatoms. The van der Waals surface area contributed by atoms with Gasteiger partial charge in [0.15, 0.2) is 5.82 Å². The number of para-hydroxylation sites is 4. The monoisotopic (exact) mass is 532 g/mol. The highest BCUT2D eigenvalue weighted by molar-refractivity contribution is 7.26. The van der Waals surface area contributed by atoms with Gasteiger partial charge in [0.25, 0.3) is 0 Å². The third-order valence-electron chi connectivity index (χ3n) is 6.75. The van der Waals surface area contributed by atoms with Crippen molar-refractivity contribution in [2.24, 2.45) is 0 Å². The Morgan fingerprint density at radius 3 is 1.64 bits per heavy atom. The van der Waals surface area contributed by atoms with Gasteiger partial charge in [-0.2, -0.15) is 0 Å². The molecule has 0 aliphatic heterocycles. The van der Waals surface area contributed by atoms with Gasteiger partial charge < -0.3 is 4.57 Å². The first-order chi connectivity index (χ1) is 26.0. The number of benzene rings is 5. The lowest BCUT2D eigenvalue weighted by atomic mass is 10.2. The highest BCUT2D eigenvalue weighted by Crippen LogP contribution is 2.40. The van der Waals surface area contributed by atoms with E-state index in [4.69, 9.17) is 21.9 Å². The molecule has 0 spiro atoms. The van der Waals surface area contributed by atoms with Crippen LogP contribution in [0.4, 0.5) is 0 Å². The van der Waals surface area contributed by atoms with E-state index in [2.05, 4.69) is 9.97 Å². The lowest BCUT2D eigenvalue weighted by Gasteiger charge is -2.08. The first kappa shape index (κ1) is 11.0. The smallest absolute Gasteiger partial charge is 0.159 e. The van der Waals surface area contributed by atoms with Crippen LogP contribution in [0.15, 0.2) is 121 Å². The van der Waals surface area contributed by atoms with Crippen LogP contribution in [0.25, 0.3) is 75.4 Å². The summed E-state index contributed by atoms with van der Waals surface area (Å²) in [6.45, 7) is 0. The zero-order valence-corrected chi connectivity index (χ0v) is 20.3. The van der Waals surface area contributed by atoms with Crippen LogP contribution < -0.4 is 0 Å². The van der Waals surface area contributed by atoms with E-state index < -0.39 is 96.7 Å². The molecule has 0 bridgehead atoms. The van der Waals surface area contributed by atoms with Crippen LogP contribution in [0.3, 0.4) is 0 Å². The van der Waals surface area contributed by atoms with Gasteiger partial charge in [0.1, 0.15) is 6.33 Å². The van der Waals surface area contributed by atoms with E-state index in [1.165, 1.54) is 26.8 Å². The van der Waals surface area contributed by atoms with E-state index in [1.807, 2.05) is 0 Å². The Bertz CT molecular complexity index is 3140. The molecule has 182 valence electrons. The average Bonchev–Trinajstić information content (AvgIpc) is 3.86. The Labute approximate surface area is 249 Å². The molecule has 0 saturated carbocycles. The van der Waals surface area contributed by atoms with Gasteiger partial charge in [0.05, 0.1) is 54.2 Å². The van der Waals surface area contributed by atoms with Crippen molar-refractivity contribution in [3.8, 4) is 11.5 Å². The van der Waals surface area contributed by atoms with Gasteiger partial charge in [-0.1, -0.05) is 72.5 Å². The Hall–Kier alpha value is -5.00. The van der Waals surface area contributed by atoms with E-state index in [1.54, 1.807) is 18.2 Å². The van der Waals surface area contributed by atoms with Gasteiger partial charge in [-0.3, -0.25) is 4.57 Å². The minimum atomic E-state index is -0.579. The molecule has 4 nitrogen and oxygen atoms in total. The van der Waals surface area contributed by atoms with Gasteiger partial charge in [0, 0.05) is 37.3 Å². The quantitative estimate of drug-likeness (QED) is 0.223. The predicted molar refractivity (Wildman–Crippen MR) is 164 cm³/mol. The summed E-state index contributed by atoms with van der Waals surface area (Å²) >= 11 is 1.19. The number of thiophene rings is 1. The Kier molecular flexibility index (Phi) is 2.19. The maximum atomic E-state index is 8.90. The molecule has 0 atom stereocenters. The van der Waals surface area contributed by atoms with Crippen LogP contribution >= 0.6 is 11.3 Å². The fourth-order valence-electron chi connectivity index (χ4n) is 5.16. The fourth-order valence-corrected chi connectivity index (χ4v) is 6.28. The second-order valence-corrected chi connectivity index (χ2v) is 9.77.